The molecular weight excluding hydrogens is 409 g/mol. The number of anilines is 2. The van der Waals surface area contributed by atoms with E-state index in [1.54, 1.807) is 0 Å². The van der Waals surface area contributed by atoms with Crippen LogP contribution in [-0.4, -0.2) is 17.8 Å². The SMILES string of the molecule is O=C(Nc1ccc(F)cc1)Nc1ccc(C2C=C(NC(=O)C3CC3)N=C3NC=CC32)cc1. The lowest BCUT2D eigenvalue weighted by molar-refractivity contribution is -0.121. The van der Waals surface area contributed by atoms with Crippen molar-refractivity contribution in [3.63, 3.8) is 0 Å². The Morgan fingerprint density at radius 3 is 2.22 bits per heavy atom. The number of benzene rings is 2. The number of urea groups is 1. The van der Waals surface area contributed by atoms with Gasteiger partial charge in [0.1, 0.15) is 17.5 Å². The molecule has 0 saturated heterocycles. The molecule has 1 fully saturated rings. The number of amides is 3. The highest BCUT2D eigenvalue weighted by atomic mass is 19.1. The second-order valence-electron chi connectivity index (χ2n) is 8.08. The van der Waals surface area contributed by atoms with Crippen LogP contribution >= 0.6 is 0 Å². The standard InChI is InChI=1S/C24H22FN5O2/c25-16-5-9-18(10-6-16)28-24(32)27-17-7-3-14(4-8-17)20-13-21(30-23(31)15-1-2-15)29-22-19(20)11-12-26-22/h3-13,15,19-20H,1-2H2,(H,26,29)(H,30,31)(H2,27,28,32). The maximum absolute atomic E-state index is 13.0. The molecule has 0 radical (unpaired) electrons. The highest BCUT2D eigenvalue weighted by Crippen LogP contribution is 2.35. The molecule has 0 spiro atoms. The molecule has 1 saturated carbocycles. The topological polar surface area (TPSA) is 94.6 Å². The molecule has 8 heteroatoms. The fraction of sp³-hybridized carbons (Fsp3) is 0.208. The molecule has 7 nitrogen and oxygen atoms in total. The van der Waals surface area contributed by atoms with Crippen molar-refractivity contribution >= 4 is 29.1 Å². The van der Waals surface area contributed by atoms with Gasteiger partial charge in [-0.1, -0.05) is 18.2 Å². The number of halogens is 1. The van der Waals surface area contributed by atoms with E-state index in [0.717, 1.165) is 24.2 Å². The van der Waals surface area contributed by atoms with E-state index in [2.05, 4.69) is 32.3 Å². The number of hydrogen-bond acceptors (Lipinski definition) is 4. The molecule has 2 atom stereocenters. The fourth-order valence-electron chi connectivity index (χ4n) is 3.82. The van der Waals surface area contributed by atoms with Crippen molar-refractivity contribution in [3.05, 3.63) is 84.1 Å². The number of nitrogens with one attached hydrogen (secondary N) is 4. The van der Waals surface area contributed by atoms with Crippen molar-refractivity contribution in [3.8, 4) is 0 Å². The van der Waals surface area contributed by atoms with E-state index in [1.807, 2.05) is 36.5 Å². The quantitative estimate of drug-likeness (QED) is 0.575. The van der Waals surface area contributed by atoms with Crippen LogP contribution < -0.4 is 21.3 Å². The summed E-state index contributed by atoms with van der Waals surface area (Å²) in [7, 11) is 0. The van der Waals surface area contributed by atoms with Crippen LogP contribution in [0, 0.1) is 17.7 Å². The summed E-state index contributed by atoms with van der Waals surface area (Å²) in [5.41, 5.74) is 2.17. The summed E-state index contributed by atoms with van der Waals surface area (Å²) < 4.78 is 13.0. The Labute approximate surface area is 184 Å². The molecule has 4 N–H and O–H groups in total. The normalized spacial score (nSPS) is 21.0. The van der Waals surface area contributed by atoms with Crippen molar-refractivity contribution in [1.29, 1.82) is 0 Å². The molecule has 2 aliphatic heterocycles. The summed E-state index contributed by atoms with van der Waals surface area (Å²) in [4.78, 5) is 28.9. The van der Waals surface area contributed by atoms with Gasteiger partial charge >= 0.3 is 6.03 Å². The van der Waals surface area contributed by atoms with Gasteiger partial charge in [-0.2, -0.15) is 0 Å². The van der Waals surface area contributed by atoms with Crippen LogP contribution in [0.3, 0.4) is 0 Å². The van der Waals surface area contributed by atoms with Gasteiger partial charge in [-0.15, -0.1) is 0 Å². The predicted octanol–water partition coefficient (Wildman–Crippen LogP) is 4.07. The summed E-state index contributed by atoms with van der Waals surface area (Å²) in [6.07, 6.45) is 7.78. The number of aliphatic imine (C=N–C) groups is 1. The first-order valence-corrected chi connectivity index (χ1v) is 10.5. The molecule has 0 aromatic heterocycles. The molecular formula is C24H22FN5O2. The third-order valence-electron chi connectivity index (χ3n) is 5.67. The van der Waals surface area contributed by atoms with E-state index < -0.39 is 6.03 Å². The van der Waals surface area contributed by atoms with Gasteiger partial charge in [0.2, 0.25) is 5.91 Å². The zero-order chi connectivity index (χ0) is 22.1. The minimum atomic E-state index is -0.413. The smallest absolute Gasteiger partial charge is 0.323 e. The number of allylic oxidation sites excluding steroid dienone is 1. The van der Waals surface area contributed by atoms with Gasteiger partial charge in [-0.3, -0.25) is 4.79 Å². The summed E-state index contributed by atoms with van der Waals surface area (Å²) in [6, 6.07) is 12.7. The van der Waals surface area contributed by atoms with Gasteiger partial charge < -0.3 is 21.3 Å². The van der Waals surface area contributed by atoms with Crippen LogP contribution in [0.2, 0.25) is 0 Å². The van der Waals surface area contributed by atoms with Crippen LogP contribution in [0.25, 0.3) is 0 Å². The summed E-state index contributed by atoms with van der Waals surface area (Å²) >= 11 is 0. The maximum atomic E-state index is 13.0. The average molecular weight is 431 g/mol. The first-order valence-electron chi connectivity index (χ1n) is 10.5. The van der Waals surface area contributed by atoms with Gasteiger partial charge in [-0.05, 0) is 67.1 Å². The van der Waals surface area contributed by atoms with Crippen molar-refractivity contribution in [2.75, 3.05) is 10.6 Å². The molecule has 3 amide bonds. The summed E-state index contributed by atoms with van der Waals surface area (Å²) in [5, 5.41) is 11.5. The molecule has 2 aromatic rings. The molecule has 1 aliphatic carbocycles. The Hall–Kier alpha value is -3.94. The first kappa shape index (κ1) is 20.0. The number of amidine groups is 1. The lowest BCUT2D eigenvalue weighted by Gasteiger charge is -2.25. The Morgan fingerprint density at radius 1 is 0.906 bits per heavy atom. The van der Waals surface area contributed by atoms with Gasteiger partial charge in [0.25, 0.3) is 0 Å². The molecule has 5 rings (SSSR count). The van der Waals surface area contributed by atoms with E-state index in [0.29, 0.717) is 17.2 Å². The van der Waals surface area contributed by atoms with E-state index in [-0.39, 0.29) is 29.5 Å². The Balaban J connectivity index is 1.27. The van der Waals surface area contributed by atoms with Crippen LogP contribution in [0.4, 0.5) is 20.6 Å². The molecule has 0 bridgehead atoms. The number of fused-ring (bicyclic) bond motifs is 1. The summed E-state index contributed by atoms with van der Waals surface area (Å²) in [5.74, 6) is 1.21. The third kappa shape index (κ3) is 4.39. The summed E-state index contributed by atoms with van der Waals surface area (Å²) in [6.45, 7) is 0. The predicted molar refractivity (Wildman–Crippen MR) is 120 cm³/mol. The second kappa shape index (κ2) is 8.30. The van der Waals surface area contributed by atoms with Crippen LogP contribution in [0.15, 0.2) is 77.7 Å². The minimum Gasteiger partial charge on any atom is -0.350 e. The van der Waals surface area contributed by atoms with Crippen LogP contribution in [0.1, 0.15) is 24.3 Å². The van der Waals surface area contributed by atoms with Crippen molar-refractivity contribution in [1.82, 2.24) is 10.6 Å². The van der Waals surface area contributed by atoms with Crippen molar-refractivity contribution in [2.45, 2.75) is 18.8 Å². The highest BCUT2D eigenvalue weighted by molar-refractivity contribution is 5.99. The van der Waals surface area contributed by atoms with Gasteiger partial charge in [0.15, 0.2) is 0 Å². The number of carbonyl (C=O) groups excluding carboxylic acids is 2. The second-order valence-corrected chi connectivity index (χ2v) is 8.08. The maximum Gasteiger partial charge on any atom is 0.323 e. The molecule has 162 valence electrons. The monoisotopic (exact) mass is 431 g/mol. The van der Waals surface area contributed by atoms with E-state index in [1.165, 1.54) is 24.3 Å². The molecule has 2 heterocycles. The van der Waals surface area contributed by atoms with Crippen molar-refractivity contribution in [2.24, 2.45) is 16.8 Å². The zero-order valence-electron chi connectivity index (χ0n) is 17.1. The first-order chi connectivity index (χ1) is 15.5. The Kier molecular flexibility index (Phi) is 5.18. The average Bonchev–Trinajstić information content (AvgIpc) is 3.53. The van der Waals surface area contributed by atoms with Crippen LogP contribution in [0.5, 0.6) is 0 Å². The zero-order valence-corrected chi connectivity index (χ0v) is 17.1. The Morgan fingerprint density at radius 2 is 1.56 bits per heavy atom. The van der Waals surface area contributed by atoms with E-state index in [9.17, 15) is 14.0 Å². The molecule has 3 aliphatic rings. The fourth-order valence-corrected chi connectivity index (χ4v) is 3.82. The highest BCUT2D eigenvalue weighted by Gasteiger charge is 2.34. The molecule has 2 aromatic carbocycles. The van der Waals surface area contributed by atoms with E-state index in [4.69, 9.17) is 0 Å². The lowest BCUT2D eigenvalue weighted by Crippen LogP contribution is -2.32. The largest absolute Gasteiger partial charge is 0.350 e. The number of nitrogens with zero attached hydrogens (tertiary/aromatic N) is 1. The Bertz CT molecular complexity index is 1130. The lowest BCUT2D eigenvalue weighted by atomic mass is 9.84. The van der Waals surface area contributed by atoms with Gasteiger partial charge in [-0.25, -0.2) is 14.2 Å². The van der Waals surface area contributed by atoms with Crippen molar-refractivity contribution < 1.29 is 14.0 Å². The minimum absolute atomic E-state index is 0.00495. The third-order valence-corrected chi connectivity index (χ3v) is 5.67. The van der Waals surface area contributed by atoms with E-state index >= 15 is 0 Å². The molecule has 2 unspecified atom stereocenters. The number of rotatable bonds is 5. The van der Waals surface area contributed by atoms with Crippen LogP contribution in [-0.2, 0) is 4.79 Å². The number of carbonyl (C=O) groups is 2. The van der Waals surface area contributed by atoms with Gasteiger partial charge in [0, 0.05) is 29.1 Å². The number of hydrogen-bond donors (Lipinski definition) is 4. The van der Waals surface area contributed by atoms with Gasteiger partial charge in [0.05, 0.1) is 0 Å². The molecule has 32 heavy (non-hydrogen) atoms.